The summed E-state index contributed by atoms with van der Waals surface area (Å²) >= 11 is 0. The molecular formula is C12H23N2Na3O9. The zero-order valence-corrected chi connectivity index (χ0v) is 12.4. The number of aliphatic hydroxyl groups excluding tert-OH is 1. The first-order chi connectivity index (χ1) is 10.6. The number of aliphatic hydroxyl groups is 1. The van der Waals surface area contributed by atoms with Gasteiger partial charge in [-0.3, -0.25) is 14.5 Å². The summed E-state index contributed by atoms with van der Waals surface area (Å²) < 4.78 is -0.579. The standard InChI is InChI=1S/C12H20N2O9.3Na.3H/c15-4-3-14(7-11(20)21,8-12(22)23)2-1-13(5-9(16)17)6-10(18)19;;;;;;/h15H,1-8H2,(H3-,16,17,18,19,20,21,22,23);;;;;;. The van der Waals surface area contributed by atoms with Crippen LogP contribution in [0.15, 0.2) is 0 Å². The Hall–Kier alpha value is 0.760. The fourth-order valence-electron chi connectivity index (χ4n) is 2.21. The number of rotatable bonds is 13. The number of quaternary nitrogens is 1. The second-order valence-electron chi connectivity index (χ2n) is 5.09. The van der Waals surface area contributed by atoms with Crippen molar-refractivity contribution in [3.05, 3.63) is 0 Å². The van der Waals surface area contributed by atoms with Crippen LogP contribution in [0.3, 0.4) is 0 Å². The molecule has 0 aliphatic carbocycles. The molecule has 0 aliphatic rings. The van der Waals surface area contributed by atoms with Crippen LogP contribution in [-0.2, 0) is 19.2 Å². The Labute approximate surface area is 216 Å². The zero-order valence-electron chi connectivity index (χ0n) is 12.4. The van der Waals surface area contributed by atoms with E-state index >= 15 is 0 Å². The van der Waals surface area contributed by atoms with E-state index in [9.17, 15) is 24.3 Å². The topological polar surface area (TPSA) is 175 Å². The van der Waals surface area contributed by atoms with Crippen molar-refractivity contribution in [2.75, 3.05) is 52.4 Å². The molecule has 0 saturated carbocycles. The van der Waals surface area contributed by atoms with E-state index in [2.05, 4.69) is 0 Å². The van der Waals surface area contributed by atoms with E-state index in [-0.39, 0.29) is 108 Å². The van der Waals surface area contributed by atoms with Crippen molar-refractivity contribution in [3.8, 4) is 0 Å². The molecule has 4 N–H and O–H groups in total. The Morgan fingerprint density at radius 3 is 1.58 bits per heavy atom. The Morgan fingerprint density at radius 2 is 1.27 bits per heavy atom. The van der Waals surface area contributed by atoms with Gasteiger partial charge in [0.2, 0.25) is 0 Å². The molecule has 0 aromatic rings. The number of hydrogen-bond donors (Lipinski definition) is 4. The SMILES string of the molecule is O=C([O-])C[N+](CCO)(CCN(CC(=O)O)CC(=O)O)CC(=O)O.[NaH].[NaH].[NaH]. The van der Waals surface area contributed by atoms with E-state index in [1.807, 2.05) is 0 Å². The van der Waals surface area contributed by atoms with Crippen LogP contribution in [-0.4, -0.2) is 195 Å². The molecule has 0 saturated heterocycles. The van der Waals surface area contributed by atoms with Crippen LogP contribution >= 0.6 is 0 Å². The minimum atomic E-state index is -1.53. The Morgan fingerprint density at radius 1 is 0.808 bits per heavy atom. The molecule has 0 spiro atoms. The summed E-state index contributed by atoms with van der Waals surface area (Å²) in [5, 5.41) is 46.3. The first-order valence-electron chi connectivity index (χ1n) is 6.64. The van der Waals surface area contributed by atoms with E-state index in [1.54, 1.807) is 0 Å². The maximum absolute atomic E-state index is 11.0. The summed E-state index contributed by atoms with van der Waals surface area (Å²) in [5.41, 5.74) is 0. The second-order valence-corrected chi connectivity index (χ2v) is 5.09. The van der Waals surface area contributed by atoms with E-state index < -0.39 is 61.1 Å². The van der Waals surface area contributed by atoms with Crippen LogP contribution in [0.5, 0.6) is 0 Å². The fraction of sp³-hybridized carbons (Fsp3) is 0.667. The quantitative estimate of drug-likeness (QED) is 0.170. The summed E-state index contributed by atoms with van der Waals surface area (Å²) in [6, 6.07) is 0. The van der Waals surface area contributed by atoms with Crippen molar-refractivity contribution in [1.29, 1.82) is 0 Å². The molecule has 0 aliphatic heterocycles. The van der Waals surface area contributed by atoms with Crippen LogP contribution < -0.4 is 5.11 Å². The monoisotopic (exact) mass is 408 g/mol. The first kappa shape index (κ1) is 34.3. The molecule has 11 nitrogen and oxygen atoms in total. The predicted molar refractivity (Wildman–Crippen MR) is 92.6 cm³/mol. The predicted octanol–water partition coefficient (Wildman–Crippen LogP) is -5.84. The molecule has 1 atom stereocenters. The van der Waals surface area contributed by atoms with Gasteiger partial charge in [-0.25, -0.2) is 4.79 Å². The van der Waals surface area contributed by atoms with Gasteiger partial charge in [-0.1, -0.05) is 0 Å². The zero-order chi connectivity index (χ0) is 18.0. The van der Waals surface area contributed by atoms with Crippen molar-refractivity contribution in [3.63, 3.8) is 0 Å². The summed E-state index contributed by atoms with van der Waals surface area (Å²) in [6.45, 7) is -3.52. The number of carboxylic acid groups (broad SMARTS) is 4. The van der Waals surface area contributed by atoms with Gasteiger partial charge < -0.3 is 34.8 Å². The molecule has 0 aromatic heterocycles. The number of carboxylic acids is 4. The van der Waals surface area contributed by atoms with Crippen molar-refractivity contribution >= 4 is 113 Å². The molecule has 0 amide bonds. The third-order valence-corrected chi connectivity index (χ3v) is 3.12. The molecular weight excluding hydrogens is 385 g/mol. The van der Waals surface area contributed by atoms with Crippen molar-refractivity contribution in [2.45, 2.75) is 0 Å². The Balaban J connectivity index is -0.000000807. The van der Waals surface area contributed by atoms with Gasteiger partial charge in [0.25, 0.3) is 0 Å². The molecule has 0 rings (SSSR count). The fourth-order valence-corrected chi connectivity index (χ4v) is 2.21. The van der Waals surface area contributed by atoms with Gasteiger partial charge in [0.15, 0.2) is 6.54 Å². The van der Waals surface area contributed by atoms with Gasteiger partial charge in [-0.2, -0.15) is 0 Å². The van der Waals surface area contributed by atoms with Crippen molar-refractivity contribution in [1.82, 2.24) is 4.90 Å². The van der Waals surface area contributed by atoms with Crippen LogP contribution in [0.1, 0.15) is 0 Å². The van der Waals surface area contributed by atoms with Gasteiger partial charge in [0.1, 0.15) is 13.1 Å². The van der Waals surface area contributed by atoms with Crippen LogP contribution in [0.4, 0.5) is 0 Å². The van der Waals surface area contributed by atoms with E-state index in [1.165, 1.54) is 0 Å². The van der Waals surface area contributed by atoms with Gasteiger partial charge >= 0.3 is 107 Å². The number of carbonyl (C=O) groups excluding carboxylic acids is 1. The van der Waals surface area contributed by atoms with E-state index in [0.717, 1.165) is 4.90 Å². The molecule has 0 radical (unpaired) electrons. The molecule has 0 heterocycles. The van der Waals surface area contributed by atoms with Gasteiger partial charge in [0, 0.05) is 6.54 Å². The van der Waals surface area contributed by atoms with Crippen LogP contribution in [0.25, 0.3) is 0 Å². The van der Waals surface area contributed by atoms with Gasteiger partial charge in [-0.05, 0) is 0 Å². The molecule has 0 aromatic carbocycles. The molecule has 138 valence electrons. The molecule has 0 fully saturated rings. The van der Waals surface area contributed by atoms with Crippen molar-refractivity contribution in [2.24, 2.45) is 0 Å². The minimum absolute atomic E-state index is 0. The van der Waals surface area contributed by atoms with Gasteiger partial charge in [0.05, 0.1) is 32.2 Å². The number of nitrogens with zero attached hydrogens (tertiary/aromatic N) is 2. The number of aliphatic carboxylic acids is 4. The molecule has 0 bridgehead atoms. The normalized spacial score (nSPS) is 11.9. The Bertz CT molecular complexity index is 433. The maximum atomic E-state index is 11.0. The molecule has 1 unspecified atom stereocenters. The number of carbonyl (C=O) groups is 4. The Kier molecular flexibility index (Phi) is 23.5. The van der Waals surface area contributed by atoms with E-state index in [4.69, 9.17) is 20.4 Å². The van der Waals surface area contributed by atoms with Crippen molar-refractivity contribution < 1.29 is 49.2 Å². The third-order valence-electron chi connectivity index (χ3n) is 3.12. The summed E-state index contributed by atoms with van der Waals surface area (Å²) in [6.07, 6.45) is 0. The molecule has 26 heavy (non-hydrogen) atoms. The average Bonchev–Trinajstić information content (AvgIpc) is 2.33. The summed E-state index contributed by atoms with van der Waals surface area (Å²) in [5.74, 6) is -5.38. The third kappa shape index (κ3) is 16.9. The molecule has 14 heteroatoms. The summed E-state index contributed by atoms with van der Waals surface area (Å²) in [4.78, 5) is 44.3. The average molecular weight is 408 g/mol. The van der Waals surface area contributed by atoms with Crippen LogP contribution in [0.2, 0.25) is 0 Å². The first-order valence-corrected chi connectivity index (χ1v) is 6.64. The summed E-state index contributed by atoms with van der Waals surface area (Å²) in [7, 11) is 0. The van der Waals surface area contributed by atoms with E-state index in [0.29, 0.717) is 0 Å². The van der Waals surface area contributed by atoms with Crippen LogP contribution in [0, 0.1) is 0 Å². The second kappa shape index (κ2) is 17.8. The van der Waals surface area contributed by atoms with Gasteiger partial charge in [-0.15, -0.1) is 0 Å². The number of hydrogen-bond acceptors (Lipinski definition) is 7.